The Morgan fingerprint density at radius 1 is 1.30 bits per heavy atom. The van der Waals surface area contributed by atoms with Gasteiger partial charge in [-0.2, -0.15) is 9.47 Å². The van der Waals surface area contributed by atoms with E-state index in [4.69, 9.17) is 0 Å². The number of nitrogens with one attached hydrogen (secondary N) is 2. The van der Waals surface area contributed by atoms with Gasteiger partial charge in [-0.1, -0.05) is 13.8 Å². The number of nitrogens with zero attached hydrogens (tertiary/aromatic N) is 4. The van der Waals surface area contributed by atoms with Crippen LogP contribution in [0.3, 0.4) is 0 Å². The van der Waals surface area contributed by atoms with Crippen LogP contribution in [0.4, 0.5) is 11.5 Å². The summed E-state index contributed by atoms with van der Waals surface area (Å²) < 4.78 is 5.65. The Bertz CT molecular complexity index is 973. The minimum Gasteiger partial charge on any atom is -0.336 e. The molecule has 6 nitrogen and oxygen atoms in total. The van der Waals surface area contributed by atoms with Crippen molar-refractivity contribution < 1.29 is 0 Å². The Morgan fingerprint density at radius 2 is 2.22 bits per heavy atom. The summed E-state index contributed by atoms with van der Waals surface area (Å²) in [5.41, 5.74) is 4.69. The monoisotopic (exact) mass is 324 g/mol. The van der Waals surface area contributed by atoms with Gasteiger partial charge in [-0.15, -0.1) is 0 Å². The average molecular weight is 324 g/mol. The van der Waals surface area contributed by atoms with E-state index in [2.05, 4.69) is 49.8 Å². The molecule has 0 spiro atoms. The molecule has 0 saturated carbocycles. The lowest BCUT2D eigenvalue weighted by atomic mass is 10.0. The third-order valence-electron chi connectivity index (χ3n) is 4.00. The number of hydrogen-bond donors (Lipinski definition) is 2. The van der Waals surface area contributed by atoms with Gasteiger partial charge < -0.3 is 5.32 Å². The number of aromatic nitrogens is 5. The van der Waals surface area contributed by atoms with Gasteiger partial charge in [0.05, 0.1) is 27.8 Å². The summed E-state index contributed by atoms with van der Waals surface area (Å²) in [7, 11) is 0. The number of pyridine rings is 2. The molecule has 0 radical (unpaired) electrons. The van der Waals surface area contributed by atoms with Gasteiger partial charge in [0.25, 0.3) is 0 Å². The molecule has 0 aliphatic rings. The van der Waals surface area contributed by atoms with Crippen LogP contribution in [0.15, 0.2) is 30.6 Å². The Balaban J connectivity index is 1.70. The van der Waals surface area contributed by atoms with Crippen LogP contribution >= 0.6 is 11.5 Å². The number of aromatic amines is 1. The second-order valence-corrected chi connectivity index (χ2v) is 6.35. The maximum absolute atomic E-state index is 4.60. The van der Waals surface area contributed by atoms with Crippen molar-refractivity contribution in [2.75, 3.05) is 5.32 Å². The normalized spacial score (nSPS) is 12.8. The van der Waals surface area contributed by atoms with Crippen molar-refractivity contribution in [1.82, 2.24) is 24.5 Å². The minimum atomic E-state index is 0.426. The molecule has 1 unspecified atom stereocenters. The molecule has 4 aromatic rings. The van der Waals surface area contributed by atoms with E-state index in [1.807, 2.05) is 18.3 Å². The number of H-pyrrole nitrogens is 1. The molecule has 0 fully saturated rings. The molecule has 2 N–H and O–H groups in total. The molecule has 0 amide bonds. The predicted octanol–water partition coefficient (Wildman–Crippen LogP) is 4.22. The van der Waals surface area contributed by atoms with Crippen LogP contribution in [-0.2, 0) is 0 Å². The summed E-state index contributed by atoms with van der Waals surface area (Å²) in [5.74, 6) is 1.13. The van der Waals surface area contributed by atoms with E-state index in [9.17, 15) is 0 Å². The zero-order valence-corrected chi connectivity index (χ0v) is 13.7. The topological polar surface area (TPSA) is 79.4 Å². The van der Waals surface area contributed by atoms with Crippen molar-refractivity contribution in [3.05, 3.63) is 36.3 Å². The van der Waals surface area contributed by atoms with Crippen LogP contribution in [0.5, 0.6) is 0 Å². The maximum atomic E-state index is 4.60. The number of rotatable bonds is 4. The van der Waals surface area contributed by atoms with Crippen LogP contribution in [0.25, 0.3) is 21.3 Å². The predicted molar refractivity (Wildman–Crippen MR) is 93.3 cm³/mol. The van der Waals surface area contributed by atoms with Gasteiger partial charge in [0, 0.05) is 12.1 Å². The van der Waals surface area contributed by atoms with Gasteiger partial charge >= 0.3 is 0 Å². The van der Waals surface area contributed by atoms with E-state index in [-0.39, 0.29) is 0 Å². The highest BCUT2D eigenvalue weighted by molar-refractivity contribution is 7.13. The fourth-order valence-corrected chi connectivity index (χ4v) is 3.40. The fraction of sp³-hybridized carbons (Fsp3) is 0.250. The zero-order valence-electron chi connectivity index (χ0n) is 12.9. The number of anilines is 2. The highest BCUT2D eigenvalue weighted by Crippen LogP contribution is 2.31. The molecule has 0 aliphatic heterocycles. The molecule has 4 heterocycles. The summed E-state index contributed by atoms with van der Waals surface area (Å²) in [5, 5.41) is 10.5. The molecular formula is C16H16N6S. The molecule has 23 heavy (non-hydrogen) atoms. The summed E-state index contributed by atoms with van der Waals surface area (Å²) >= 11 is 1.49. The Kier molecular flexibility index (Phi) is 3.42. The van der Waals surface area contributed by atoms with Crippen LogP contribution < -0.4 is 5.32 Å². The van der Waals surface area contributed by atoms with Crippen molar-refractivity contribution in [1.29, 1.82) is 0 Å². The van der Waals surface area contributed by atoms with E-state index in [1.165, 1.54) is 11.5 Å². The van der Waals surface area contributed by atoms with Gasteiger partial charge in [-0.25, -0.2) is 0 Å². The van der Waals surface area contributed by atoms with Crippen molar-refractivity contribution >= 4 is 44.3 Å². The molecule has 0 bridgehead atoms. The molecule has 1 atom stereocenters. The number of fused-ring (bicyclic) bond motifs is 2. The van der Waals surface area contributed by atoms with Crippen LogP contribution in [0, 0.1) is 0 Å². The van der Waals surface area contributed by atoms with Crippen LogP contribution in [-0.4, -0.2) is 24.5 Å². The van der Waals surface area contributed by atoms with Crippen molar-refractivity contribution in [3.8, 4) is 0 Å². The Hall–Kier alpha value is -2.54. The number of hydrogen-bond acceptors (Lipinski definition) is 6. The Morgan fingerprint density at radius 3 is 3.09 bits per heavy atom. The summed E-state index contributed by atoms with van der Waals surface area (Å²) in [6.45, 7) is 4.35. The second-order valence-electron chi connectivity index (χ2n) is 5.54. The first-order valence-electron chi connectivity index (χ1n) is 7.57. The first-order valence-corrected chi connectivity index (χ1v) is 8.35. The third-order valence-corrected chi connectivity index (χ3v) is 4.80. The molecule has 0 aliphatic carbocycles. The summed E-state index contributed by atoms with van der Waals surface area (Å²) in [6.07, 6.45) is 4.64. The summed E-state index contributed by atoms with van der Waals surface area (Å²) in [6, 6.07) is 5.89. The standard InChI is InChI=1S/C16H16N6S/c1-3-9(2)13-15-12(23-22-13)7-10(8-18-15)19-16-14-11(20-21-16)5-4-6-17-14/h4-9H,3H2,1-2H3,(H2,19,20,21). The van der Waals surface area contributed by atoms with Gasteiger partial charge in [-0.3, -0.25) is 15.1 Å². The molecule has 0 saturated heterocycles. The average Bonchev–Trinajstić information content (AvgIpc) is 3.18. The van der Waals surface area contributed by atoms with Crippen molar-refractivity contribution in [2.24, 2.45) is 0 Å². The lowest BCUT2D eigenvalue weighted by molar-refractivity contribution is 0.722. The quantitative estimate of drug-likeness (QED) is 0.587. The van der Waals surface area contributed by atoms with Crippen molar-refractivity contribution in [2.45, 2.75) is 26.2 Å². The second kappa shape index (κ2) is 5.58. The van der Waals surface area contributed by atoms with E-state index < -0.39 is 0 Å². The minimum absolute atomic E-state index is 0.426. The lowest BCUT2D eigenvalue weighted by Gasteiger charge is -2.05. The van der Waals surface area contributed by atoms with Crippen LogP contribution in [0.2, 0.25) is 0 Å². The highest BCUT2D eigenvalue weighted by Gasteiger charge is 2.14. The molecule has 7 heteroatoms. The van der Waals surface area contributed by atoms with Gasteiger partial charge in [0.1, 0.15) is 11.0 Å². The Labute approximate surface area is 137 Å². The molecule has 116 valence electrons. The van der Waals surface area contributed by atoms with E-state index in [0.717, 1.165) is 39.1 Å². The zero-order chi connectivity index (χ0) is 15.8. The maximum Gasteiger partial charge on any atom is 0.178 e. The van der Waals surface area contributed by atoms with E-state index >= 15 is 0 Å². The highest BCUT2D eigenvalue weighted by atomic mass is 32.1. The largest absolute Gasteiger partial charge is 0.336 e. The SMILES string of the molecule is CCC(C)c1nsc2cc(Nc3n[nH]c4cccnc34)cnc12. The van der Waals surface area contributed by atoms with E-state index in [0.29, 0.717) is 11.7 Å². The van der Waals surface area contributed by atoms with Gasteiger partial charge in [0.2, 0.25) is 0 Å². The van der Waals surface area contributed by atoms with Crippen LogP contribution in [0.1, 0.15) is 31.9 Å². The first kappa shape index (κ1) is 14.1. The van der Waals surface area contributed by atoms with E-state index in [1.54, 1.807) is 6.20 Å². The molecule has 4 rings (SSSR count). The summed E-state index contributed by atoms with van der Waals surface area (Å²) in [4.78, 5) is 8.95. The molecule has 4 aromatic heterocycles. The van der Waals surface area contributed by atoms with Gasteiger partial charge in [0.15, 0.2) is 5.82 Å². The van der Waals surface area contributed by atoms with Gasteiger partial charge in [-0.05, 0) is 36.2 Å². The smallest absolute Gasteiger partial charge is 0.178 e. The molecule has 0 aromatic carbocycles. The first-order chi connectivity index (χ1) is 11.3. The molecular weight excluding hydrogens is 308 g/mol. The van der Waals surface area contributed by atoms with Crippen molar-refractivity contribution in [3.63, 3.8) is 0 Å². The lowest BCUT2D eigenvalue weighted by Crippen LogP contribution is -1.95. The fourth-order valence-electron chi connectivity index (χ4n) is 2.51. The third kappa shape index (κ3) is 2.43.